The predicted octanol–water partition coefficient (Wildman–Crippen LogP) is 1.00. The fourth-order valence-corrected chi connectivity index (χ4v) is 1.46. The van der Waals surface area contributed by atoms with Gasteiger partial charge in [0.2, 0.25) is 0 Å². The summed E-state index contributed by atoms with van der Waals surface area (Å²) >= 11 is 5.77. The number of aromatic hydroxyl groups is 2. The summed E-state index contributed by atoms with van der Waals surface area (Å²) in [5, 5.41) is 31.2. The molecule has 1 aromatic carbocycles. The molecule has 14 heavy (non-hydrogen) atoms. The Morgan fingerprint density at radius 1 is 1.43 bits per heavy atom. The van der Waals surface area contributed by atoms with Gasteiger partial charge >= 0.3 is 0 Å². The zero-order chi connectivity index (χ0) is 10.7. The highest BCUT2D eigenvalue weighted by molar-refractivity contribution is 6.31. The van der Waals surface area contributed by atoms with Crippen LogP contribution in [0.2, 0.25) is 5.02 Å². The van der Waals surface area contributed by atoms with Gasteiger partial charge in [0.1, 0.15) is 0 Å². The van der Waals surface area contributed by atoms with Gasteiger partial charge in [-0.2, -0.15) is 0 Å². The van der Waals surface area contributed by atoms with Crippen LogP contribution in [0.25, 0.3) is 0 Å². The Morgan fingerprint density at radius 3 is 2.64 bits per heavy atom. The molecule has 0 fully saturated rings. The van der Waals surface area contributed by atoms with Gasteiger partial charge in [-0.05, 0) is 19.2 Å². The predicted molar refractivity (Wildman–Crippen MR) is 53.7 cm³/mol. The highest BCUT2D eigenvalue weighted by Crippen LogP contribution is 2.37. The van der Waals surface area contributed by atoms with Crippen LogP contribution in [-0.4, -0.2) is 28.9 Å². The maximum atomic E-state index is 9.59. The lowest BCUT2D eigenvalue weighted by Crippen LogP contribution is -2.17. The molecule has 5 heteroatoms. The second kappa shape index (κ2) is 4.50. The highest BCUT2D eigenvalue weighted by atomic mass is 35.5. The molecular formula is C9H12ClNO3. The minimum Gasteiger partial charge on any atom is -0.504 e. The van der Waals surface area contributed by atoms with E-state index in [1.54, 1.807) is 7.05 Å². The molecule has 0 aromatic heterocycles. The van der Waals surface area contributed by atoms with E-state index in [1.165, 1.54) is 12.1 Å². The first-order chi connectivity index (χ1) is 6.57. The topological polar surface area (TPSA) is 72.7 Å². The van der Waals surface area contributed by atoms with E-state index in [4.69, 9.17) is 11.6 Å². The normalized spacial score (nSPS) is 12.8. The molecule has 1 aromatic rings. The lowest BCUT2D eigenvalue weighted by molar-refractivity contribution is 0.173. The van der Waals surface area contributed by atoms with Crippen molar-refractivity contribution >= 4 is 11.6 Å². The van der Waals surface area contributed by atoms with Crippen molar-refractivity contribution in [2.75, 3.05) is 13.6 Å². The number of benzene rings is 1. The molecule has 0 aliphatic carbocycles. The first kappa shape index (κ1) is 11.1. The van der Waals surface area contributed by atoms with Gasteiger partial charge in [-0.25, -0.2) is 0 Å². The molecule has 0 radical (unpaired) electrons. The molecular weight excluding hydrogens is 206 g/mol. The minimum atomic E-state index is -0.945. The molecule has 0 aliphatic heterocycles. The van der Waals surface area contributed by atoms with Crippen molar-refractivity contribution in [3.63, 3.8) is 0 Å². The van der Waals surface area contributed by atoms with Crippen molar-refractivity contribution in [1.29, 1.82) is 0 Å². The molecule has 78 valence electrons. The highest BCUT2D eigenvalue weighted by Gasteiger charge is 2.18. The third kappa shape index (κ3) is 2.09. The Kier molecular flexibility index (Phi) is 3.57. The Labute approximate surface area is 86.8 Å². The van der Waals surface area contributed by atoms with Crippen LogP contribution in [0.3, 0.4) is 0 Å². The molecule has 1 atom stereocenters. The van der Waals surface area contributed by atoms with Crippen LogP contribution >= 0.6 is 11.6 Å². The summed E-state index contributed by atoms with van der Waals surface area (Å²) in [4.78, 5) is 0. The number of aliphatic hydroxyl groups is 1. The smallest absolute Gasteiger partial charge is 0.164 e. The van der Waals surface area contributed by atoms with E-state index in [-0.39, 0.29) is 28.6 Å². The van der Waals surface area contributed by atoms with Crippen molar-refractivity contribution in [2.45, 2.75) is 6.10 Å². The molecule has 0 amide bonds. The van der Waals surface area contributed by atoms with Gasteiger partial charge in [0.05, 0.1) is 11.1 Å². The second-order valence-corrected chi connectivity index (χ2v) is 3.31. The molecule has 0 aliphatic rings. The number of rotatable bonds is 3. The number of likely N-dealkylation sites (N-methyl/N-ethyl adjacent to an activating group) is 1. The summed E-state index contributed by atoms with van der Waals surface area (Å²) in [7, 11) is 1.66. The second-order valence-electron chi connectivity index (χ2n) is 2.90. The molecule has 4 nitrogen and oxygen atoms in total. The Bertz CT molecular complexity index is 330. The monoisotopic (exact) mass is 217 g/mol. The van der Waals surface area contributed by atoms with Crippen LogP contribution in [0.4, 0.5) is 0 Å². The lowest BCUT2D eigenvalue weighted by Gasteiger charge is -2.14. The number of aliphatic hydroxyl groups excluding tert-OH is 1. The molecule has 0 saturated heterocycles. The molecule has 1 rings (SSSR count). The van der Waals surface area contributed by atoms with Gasteiger partial charge in [0, 0.05) is 12.1 Å². The van der Waals surface area contributed by atoms with E-state index < -0.39 is 6.10 Å². The zero-order valence-electron chi connectivity index (χ0n) is 7.66. The van der Waals surface area contributed by atoms with Crippen LogP contribution in [0.5, 0.6) is 11.5 Å². The Balaban J connectivity index is 3.11. The number of phenols is 2. The van der Waals surface area contributed by atoms with Crippen molar-refractivity contribution in [3.05, 3.63) is 22.7 Å². The molecule has 0 saturated carbocycles. The van der Waals surface area contributed by atoms with Crippen LogP contribution in [-0.2, 0) is 0 Å². The van der Waals surface area contributed by atoms with E-state index in [2.05, 4.69) is 5.32 Å². The Morgan fingerprint density at radius 2 is 2.07 bits per heavy atom. The van der Waals surface area contributed by atoms with Crippen molar-refractivity contribution < 1.29 is 15.3 Å². The fraction of sp³-hybridized carbons (Fsp3) is 0.333. The van der Waals surface area contributed by atoms with Crippen LogP contribution in [0.1, 0.15) is 11.7 Å². The molecule has 0 spiro atoms. The minimum absolute atomic E-state index is 0.140. The Hall–Kier alpha value is -0.970. The van der Waals surface area contributed by atoms with E-state index in [9.17, 15) is 15.3 Å². The largest absolute Gasteiger partial charge is 0.504 e. The fourth-order valence-electron chi connectivity index (χ4n) is 1.18. The van der Waals surface area contributed by atoms with Gasteiger partial charge in [0.25, 0.3) is 0 Å². The van der Waals surface area contributed by atoms with Crippen LogP contribution in [0.15, 0.2) is 12.1 Å². The average molecular weight is 218 g/mol. The third-order valence-corrected chi connectivity index (χ3v) is 2.20. The third-order valence-electron chi connectivity index (χ3n) is 1.87. The summed E-state index contributed by atoms with van der Waals surface area (Å²) in [5.41, 5.74) is 0.140. The maximum Gasteiger partial charge on any atom is 0.164 e. The standard InChI is InChI=1S/C9H12ClNO3/c1-11-4-7(13)8-5(10)2-3-6(12)9(8)14/h2-3,7,11-14H,4H2,1H3. The summed E-state index contributed by atoms with van der Waals surface area (Å²) < 4.78 is 0. The van der Waals surface area contributed by atoms with Gasteiger partial charge < -0.3 is 20.6 Å². The van der Waals surface area contributed by atoms with E-state index in [1.807, 2.05) is 0 Å². The van der Waals surface area contributed by atoms with Crippen LogP contribution < -0.4 is 5.32 Å². The summed E-state index contributed by atoms with van der Waals surface area (Å²) in [6, 6.07) is 2.69. The number of nitrogens with one attached hydrogen (secondary N) is 1. The number of hydrogen-bond donors (Lipinski definition) is 4. The van der Waals surface area contributed by atoms with Gasteiger partial charge in [-0.1, -0.05) is 11.6 Å². The van der Waals surface area contributed by atoms with Crippen molar-refractivity contribution in [2.24, 2.45) is 0 Å². The molecule has 0 bridgehead atoms. The van der Waals surface area contributed by atoms with E-state index >= 15 is 0 Å². The zero-order valence-corrected chi connectivity index (χ0v) is 8.41. The van der Waals surface area contributed by atoms with Crippen molar-refractivity contribution in [3.8, 4) is 11.5 Å². The quantitative estimate of drug-likeness (QED) is 0.570. The van der Waals surface area contributed by atoms with Crippen LogP contribution in [0, 0.1) is 0 Å². The molecule has 1 unspecified atom stereocenters. The van der Waals surface area contributed by atoms with Gasteiger partial charge in [0.15, 0.2) is 11.5 Å². The number of halogens is 1. The maximum absolute atomic E-state index is 9.59. The van der Waals surface area contributed by atoms with Gasteiger partial charge in [-0.3, -0.25) is 0 Å². The summed E-state index contributed by atoms with van der Waals surface area (Å²) in [6.07, 6.45) is -0.945. The lowest BCUT2D eigenvalue weighted by atomic mass is 10.1. The first-order valence-corrected chi connectivity index (χ1v) is 4.48. The molecule has 0 heterocycles. The number of phenolic OH excluding ortho intramolecular Hbond substituents is 2. The van der Waals surface area contributed by atoms with E-state index in [0.717, 1.165) is 0 Å². The van der Waals surface area contributed by atoms with Crippen molar-refractivity contribution in [1.82, 2.24) is 5.32 Å². The number of hydrogen-bond acceptors (Lipinski definition) is 4. The summed E-state index contributed by atoms with van der Waals surface area (Å²) in [6.45, 7) is 0.247. The first-order valence-electron chi connectivity index (χ1n) is 4.11. The SMILES string of the molecule is CNCC(O)c1c(Cl)ccc(O)c1O. The van der Waals surface area contributed by atoms with E-state index in [0.29, 0.717) is 0 Å². The summed E-state index contributed by atoms with van der Waals surface area (Å²) in [5.74, 6) is -0.667. The average Bonchev–Trinajstić information content (AvgIpc) is 2.13. The van der Waals surface area contributed by atoms with Gasteiger partial charge in [-0.15, -0.1) is 0 Å². The molecule has 4 N–H and O–H groups in total.